The molecule has 3 rings (SSSR count). The lowest BCUT2D eigenvalue weighted by atomic mass is 10.1. The Hall–Kier alpha value is -2.06. The van der Waals surface area contributed by atoms with E-state index in [0.717, 1.165) is 34.3 Å². The molecule has 0 saturated carbocycles. The molecule has 2 nitrogen and oxygen atoms in total. The fourth-order valence-corrected chi connectivity index (χ4v) is 2.52. The van der Waals surface area contributed by atoms with Gasteiger partial charge in [-0.2, -0.15) is 0 Å². The molecule has 0 radical (unpaired) electrons. The van der Waals surface area contributed by atoms with Crippen molar-refractivity contribution in [3.63, 3.8) is 0 Å². The van der Waals surface area contributed by atoms with Crippen LogP contribution in [0, 0.1) is 0 Å². The molecule has 0 aliphatic heterocycles. The van der Waals surface area contributed by atoms with Crippen molar-refractivity contribution in [2.24, 2.45) is 0 Å². The van der Waals surface area contributed by atoms with Crippen LogP contribution in [0.3, 0.4) is 0 Å². The molecule has 0 aliphatic rings. The van der Waals surface area contributed by atoms with Crippen LogP contribution in [0.4, 0.5) is 0 Å². The average molecular weight is 298 g/mol. The van der Waals surface area contributed by atoms with Crippen LogP contribution in [0.15, 0.2) is 54.6 Å². The first-order valence-electron chi connectivity index (χ1n) is 7.07. The molecule has 0 fully saturated rings. The monoisotopic (exact) mass is 297 g/mol. The Kier molecular flexibility index (Phi) is 4.07. The summed E-state index contributed by atoms with van der Waals surface area (Å²) in [4.78, 5) is 4.75. The minimum Gasteiger partial charge on any atom is -0.491 e. The lowest BCUT2D eigenvalue weighted by Gasteiger charge is -2.10. The van der Waals surface area contributed by atoms with Crippen molar-refractivity contribution in [2.45, 2.75) is 13.3 Å². The van der Waals surface area contributed by atoms with Gasteiger partial charge in [0.1, 0.15) is 11.3 Å². The first kappa shape index (κ1) is 13.9. The van der Waals surface area contributed by atoms with Crippen molar-refractivity contribution in [3.8, 4) is 17.0 Å². The summed E-state index contributed by atoms with van der Waals surface area (Å²) >= 11 is 6.42. The number of nitrogens with zero attached hydrogens (tertiary/aromatic N) is 1. The summed E-state index contributed by atoms with van der Waals surface area (Å²) in [6.07, 6.45) is 0.961. The number of halogens is 1. The average Bonchev–Trinajstić information content (AvgIpc) is 2.54. The van der Waals surface area contributed by atoms with E-state index in [0.29, 0.717) is 11.6 Å². The first-order chi connectivity index (χ1) is 10.3. The molecular formula is C18H16ClNO. The Morgan fingerprint density at radius 2 is 1.86 bits per heavy atom. The van der Waals surface area contributed by atoms with Gasteiger partial charge in [0.2, 0.25) is 0 Å². The van der Waals surface area contributed by atoms with Crippen LogP contribution in [0.5, 0.6) is 5.75 Å². The number of fused-ring (bicyclic) bond motifs is 1. The predicted molar refractivity (Wildman–Crippen MR) is 88.0 cm³/mol. The standard InChI is InChI=1S/C18H16ClNO/c1-2-11-21-17-10-6-9-14-15(19)12-16(20-18(14)17)13-7-4-3-5-8-13/h3-10,12H,2,11H2,1H3. The van der Waals surface area contributed by atoms with Gasteiger partial charge < -0.3 is 4.74 Å². The van der Waals surface area contributed by atoms with Gasteiger partial charge in [0, 0.05) is 10.9 Å². The zero-order valence-corrected chi connectivity index (χ0v) is 12.6. The van der Waals surface area contributed by atoms with E-state index in [1.807, 2.05) is 54.6 Å². The number of aromatic nitrogens is 1. The quantitative estimate of drug-likeness (QED) is 0.648. The van der Waals surface area contributed by atoms with Gasteiger partial charge in [0.25, 0.3) is 0 Å². The summed E-state index contributed by atoms with van der Waals surface area (Å²) in [5.41, 5.74) is 2.73. The third-order valence-electron chi connectivity index (χ3n) is 3.28. The number of benzene rings is 2. The number of hydrogen-bond acceptors (Lipinski definition) is 2. The molecule has 0 spiro atoms. The molecular weight excluding hydrogens is 282 g/mol. The van der Waals surface area contributed by atoms with Crippen LogP contribution < -0.4 is 4.74 Å². The normalized spacial score (nSPS) is 10.8. The summed E-state index contributed by atoms with van der Waals surface area (Å²) in [6, 6.07) is 17.8. The van der Waals surface area contributed by atoms with Crippen LogP contribution in [-0.4, -0.2) is 11.6 Å². The zero-order chi connectivity index (χ0) is 14.7. The second-order valence-corrected chi connectivity index (χ2v) is 5.26. The molecule has 0 amide bonds. The fraction of sp³-hybridized carbons (Fsp3) is 0.167. The van der Waals surface area contributed by atoms with Crippen LogP contribution in [0.25, 0.3) is 22.2 Å². The highest BCUT2D eigenvalue weighted by atomic mass is 35.5. The van der Waals surface area contributed by atoms with E-state index in [1.54, 1.807) is 0 Å². The molecule has 0 aliphatic carbocycles. The Morgan fingerprint density at radius 3 is 2.62 bits per heavy atom. The van der Waals surface area contributed by atoms with E-state index >= 15 is 0 Å². The van der Waals surface area contributed by atoms with Crippen molar-refractivity contribution in [3.05, 3.63) is 59.6 Å². The summed E-state index contributed by atoms with van der Waals surface area (Å²) in [5, 5.41) is 1.62. The van der Waals surface area contributed by atoms with Crippen LogP contribution >= 0.6 is 11.6 Å². The van der Waals surface area contributed by atoms with Crippen molar-refractivity contribution in [2.75, 3.05) is 6.61 Å². The summed E-state index contributed by atoms with van der Waals surface area (Å²) in [6.45, 7) is 2.76. The van der Waals surface area contributed by atoms with E-state index in [9.17, 15) is 0 Å². The lowest BCUT2D eigenvalue weighted by molar-refractivity contribution is 0.320. The molecule has 1 aromatic heterocycles. The maximum absolute atomic E-state index is 6.42. The molecule has 21 heavy (non-hydrogen) atoms. The van der Waals surface area contributed by atoms with Gasteiger partial charge in [0.15, 0.2) is 0 Å². The van der Waals surface area contributed by atoms with Crippen molar-refractivity contribution in [1.29, 1.82) is 0 Å². The number of para-hydroxylation sites is 1. The van der Waals surface area contributed by atoms with Gasteiger partial charge >= 0.3 is 0 Å². The fourth-order valence-electron chi connectivity index (χ4n) is 2.27. The molecule has 0 bridgehead atoms. The van der Waals surface area contributed by atoms with Crippen molar-refractivity contribution in [1.82, 2.24) is 4.98 Å². The smallest absolute Gasteiger partial charge is 0.145 e. The van der Waals surface area contributed by atoms with Gasteiger partial charge in [-0.1, -0.05) is 61.0 Å². The van der Waals surface area contributed by atoms with E-state index < -0.39 is 0 Å². The van der Waals surface area contributed by atoms with Gasteiger partial charge in [-0.15, -0.1) is 0 Å². The number of rotatable bonds is 4. The third kappa shape index (κ3) is 2.86. The second kappa shape index (κ2) is 6.15. The lowest BCUT2D eigenvalue weighted by Crippen LogP contribution is -1.97. The number of ether oxygens (including phenoxy) is 1. The minimum absolute atomic E-state index is 0.675. The van der Waals surface area contributed by atoms with E-state index in [1.165, 1.54) is 0 Å². The predicted octanol–water partition coefficient (Wildman–Crippen LogP) is 5.34. The first-order valence-corrected chi connectivity index (χ1v) is 7.45. The zero-order valence-electron chi connectivity index (χ0n) is 11.8. The topological polar surface area (TPSA) is 22.1 Å². The highest BCUT2D eigenvalue weighted by Crippen LogP contribution is 2.32. The maximum atomic E-state index is 6.42. The van der Waals surface area contributed by atoms with E-state index in [4.69, 9.17) is 21.3 Å². The summed E-state index contributed by atoms with van der Waals surface area (Å²) in [7, 11) is 0. The molecule has 3 heteroatoms. The Labute approximate surface area is 129 Å². The summed E-state index contributed by atoms with van der Waals surface area (Å²) < 4.78 is 5.79. The highest BCUT2D eigenvalue weighted by Gasteiger charge is 2.10. The SMILES string of the molecule is CCCOc1cccc2c(Cl)cc(-c3ccccc3)nc12. The van der Waals surface area contributed by atoms with Gasteiger partial charge in [-0.05, 0) is 18.6 Å². The van der Waals surface area contributed by atoms with E-state index in [2.05, 4.69) is 6.92 Å². The third-order valence-corrected chi connectivity index (χ3v) is 3.60. The van der Waals surface area contributed by atoms with Crippen LogP contribution in [0.2, 0.25) is 5.02 Å². The molecule has 0 saturated heterocycles. The molecule has 0 N–H and O–H groups in total. The van der Waals surface area contributed by atoms with Crippen LogP contribution in [-0.2, 0) is 0 Å². The highest BCUT2D eigenvalue weighted by molar-refractivity contribution is 6.35. The molecule has 2 aromatic carbocycles. The van der Waals surface area contributed by atoms with Crippen molar-refractivity contribution >= 4 is 22.5 Å². The minimum atomic E-state index is 0.675. The van der Waals surface area contributed by atoms with Gasteiger partial charge in [-0.25, -0.2) is 4.98 Å². The Morgan fingerprint density at radius 1 is 1.05 bits per heavy atom. The molecule has 0 atom stereocenters. The van der Waals surface area contributed by atoms with Crippen LogP contribution in [0.1, 0.15) is 13.3 Å². The largest absolute Gasteiger partial charge is 0.491 e. The Bertz CT molecular complexity index is 756. The molecule has 1 heterocycles. The summed E-state index contributed by atoms with van der Waals surface area (Å²) in [5.74, 6) is 0.786. The van der Waals surface area contributed by atoms with Gasteiger partial charge in [0.05, 0.1) is 17.3 Å². The second-order valence-electron chi connectivity index (χ2n) is 4.86. The molecule has 106 valence electrons. The molecule has 3 aromatic rings. The number of hydrogen-bond donors (Lipinski definition) is 0. The van der Waals surface area contributed by atoms with Gasteiger partial charge in [-0.3, -0.25) is 0 Å². The van der Waals surface area contributed by atoms with E-state index in [-0.39, 0.29) is 0 Å². The number of pyridine rings is 1. The maximum Gasteiger partial charge on any atom is 0.145 e. The molecule has 0 unspecified atom stereocenters. The Balaban J connectivity index is 2.17. The van der Waals surface area contributed by atoms with Crippen molar-refractivity contribution < 1.29 is 4.74 Å².